The molecule has 4 rings (SSSR count). The first-order valence-electron chi connectivity index (χ1n) is 19.9. The van der Waals surface area contributed by atoms with E-state index in [0.717, 1.165) is 70.1 Å². The van der Waals surface area contributed by atoms with Gasteiger partial charge in [-0.15, -0.1) is 0 Å². The number of unbranched alkanes of at least 4 members (excludes halogenated alkanes) is 6. The fourth-order valence-corrected chi connectivity index (χ4v) is 8.40. The van der Waals surface area contributed by atoms with Crippen LogP contribution in [0.25, 0.3) is 11.1 Å². The first-order chi connectivity index (χ1) is 26.4. The Morgan fingerprint density at radius 1 is 0.911 bits per heavy atom. The number of sulfonamides is 1. The van der Waals surface area contributed by atoms with Crippen LogP contribution in [0, 0.1) is 5.82 Å². The highest BCUT2D eigenvalue weighted by Gasteiger charge is 2.39. The number of benzene rings is 3. The van der Waals surface area contributed by atoms with Crippen molar-refractivity contribution in [2.45, 2.75) is 109 Å². The highest BCUT2D eigenvalue weighted by atomic mass is 32.2. The smallest absolute Gasteiger partial charge is 0.411 e. The molecule has 1 saturated heterocycles. The van der Waals surface area contributed by atoms with E-state index in [4.69, 9.17) is 9.16 Å². The van der Waals surface area contributed by atoms with E-state index >= 15 is 0 Å². The predicted octanol–water partition coefficient (Wildman–Crippen LogP) is 9.37. The van der Waals surface area contributed by atoms with Crippen LogP contribution in [0.15, 0.2) is 60.7 Å². The molecule has 14 heteroatoms. The zero-order valence-corrected chi connectivity index (χ0v) is 35.8. The Morgan fingerprint density at radius 2 is 1.55 bits per heavy atom. The van der Waals surface area contributed by atoms with Crippen molar-refractivity contribution in [2.24, 2.45) is 0 Å². The summed E-state index contributed by atoms with van der Waals surface area (Å²) in [6.45, 7) is 15.3. The molecule has 0 aromatic heterocycles. The fourth-order valence-electron chi connectivity index (χ4n) is 6.56. The van der Waals surface area contributed by atoms with E-state index in [9.17, 15) is 27.8 Å². The Labute approximate surface area is 334 Å². The number of anilines is 2. The first-order valence-corrected chi connectivity index (χ1v) is 24.7. The second-order valence-corrected chi connectivity index (χ2v) is 23.0. The molecule has 310 valence electrons. The van der Waals surface area contributed by atoms with Crippen LogP contribution in [0.2, 0.25) is 18.1 Å². The minimum absolute atomic E-state index is 0.000747. The zero-order valence-electron chi connectivity index (χ0n) is 34.0. The fraction of sp³-hybridized carbons (Fsp3) is 0.548. The number of carbonyl (C=O) groups is 1. The maximum Gasteiger partial charge on any atom is 0.411 e. The number of hydrogen-bond acceptors (Lipinski definition) is 9. The van der Waals surface area contributed by atoms with Gasteiger partial charge in [0.15, 0.2) is 19.9 Å². The minimum Gasteiger partial charge on any atom is -0.506 e. The van der Waals surface area contributed by atoms with Gasteiger partial charge in [-0.05, 0) is 98.4 Å². The molecule has 3 aromatic rings. The van der Waals surface area contributed by atoms with Gasteiger partial charge in [-0.1, -0.05) is 83.2 Å². The predicted molar refractivity (Wildman–Crippen MR) is 226 cm³/mol. The van der Waals surface area contributed by atoms with E-state index in [1.165, 1.54) is 43.9 Å². The lowest BCUT2D eigenvalue weighted by Crippen LogP contribution is -2.43. The SMILES string of the molecule is CC(C)(C)[Si](C)(C)O[C@@H](CNCCCCCCCCCN1CCC(OC(=O)Nc2ccccc2-c2ccc(O)c(F)c2)CC1)c1ccc(O)c(NS(C)(=O)=O)c1. The highest BCUT2D eigenvalue weighted by Crippen LogP contribution is 2.40. The Kier molecular flexibility index (Phi) is 16.6. The van der Waals surface area contributed by atoms with Gasteiger partial charge in [0.25, 0.3) is 0 Å². The summed E-state index contributed by atoms with van der Waals surface area (Å²) >= 11 is 0. The number of piperidine rings is 1. The summed E-state index contributed by atoms with van der Waals surface area (Å²) in [4.78, 5) is 15.2. The number of nitrogens with zero attached hydrogens (tertiary/aromatic N) is 1. The number of para-hydroxylation sites is 1. The van der Waals surface area contributed by atoms with Crippen molar-refractivity contribution in [3.05, 3.63) is 72.0 Å². The van der Waals surface area contributed by atoms with Crippen molar-refractivity contribution in [1.29, 1.82) is 0 Å². The number of halogens is 1. The van der Waals surface area contributed by atoms with Crippen LogP contribution in [-0.4, -0.2) is 83.0 Å². The third-order valence-electron chi connectivity index (χ3n) is 10.8. The quantitative estimate of drug-likeness (QED) is 0.0427. The van der Waals surface area contributed by atoms with Crippen LogP contribution >= 0.6 is 0 Å². The van der Waals surface area contributed by atoms with E-state index in [2.05, 4.69) is 54.1 Å². The van der Waals surface area contributed by atoms with Crippen molar-refractivity contribution in [1.82, 2.24) is 10.2 Å². The molecule has 0 aliphatic carbocycles. The maximum atomic E-state index is 14.0. The molecule has 1 fully saturated rings. The van der Waals surface area contributed by atoms with Crippen molar-refractivity contribution < 1.29 is 37.0 Å². The molecular formula is C42H63FN4O7SSi. The number of ether oxygens (including phenoxy) is 1. The van der Waals surface area contributed by atoms with Crippen LogP contribution in [0.3, 0.4) is 0 Å². The first kappa shape index (κ1) is 45.0. The summed E-state index contributed by atoms with van der Waals surface area (Å²) in [6, 6.07) is 16.2. The minimum atomic E-state index is -3.55. The van der Waals surface area contributed by atoms with E-state index in [1.54, 1.807) is 42.5 Å². The molecule has 0 unspecified atom stereocenters. The van der Waals surface area contributed by atoms with Crippen molar-refractivity contribution in [3.8, 4) is 22.6 Å². The lowest BCUT2D eigenvalue weighted by atomic mass is 10.0. The van der Waals surface area contributed by atoms with Gasteiger partial charge in [0.2, 0.25) is 10.0 Å². The van der Waals surface area contributed by atoms with Crippen LogP contribution in [0.1, 0.15) is 90.2 Å². The molecule has 1 heterocycles. The molecule has 1 aliphatic rings. The summed E-state index contributed by atoms with van der Waals surface area (Å²) in [7, 11) is -5.70. The number of hydrogen-bond donors (Lipinski definition) is 5. The van der Waals surface area contributed by atoms with E-state index in [-0.39, 0.29) is 28.7 Å². The third-order valence-corrected chi connectivity index (χ3v) is 15.9. The average molecular weight is 815 g/mol. The van der Waals surface area contributed by atoms with E-state index < -0.39 is 36.0 Å². The van der Waals surface area contributed by atoms with Crippen LogP contribution in [0.4, 0.5) is 20.6 Å². The maximum absolute atomic E-state index is 14.0. The second kappa shape index (κ2) is 20.6. The third kappa shape index (κ3) is 14.4. The Morgan fingerprint density at radius 3 is 2.21 bits per heavy atom. The van der Waals surface area contributed by atoms with Gasteiger partial charge in [0, 0.05) is 25.2 Å². The van der Waals surface area contributed by atoms with Gasteiger partial charge in [-0.25, -0.2) is 17.6 Å². The van der Waals surface area contributed by atoms with Gasteiger partial charge in [-0.3, -0.25) is 10.0 Å². The lowest BCUT2D eigenvalue weighted by Gasteiger charge is -2.39. The highest BCUT2D eigenvalue weighted by molar-refractivity contribution is 7.92. The molecular weight excluding hydrogens is 752 g/mol. The number of amides is 1. The van der Waals surface area contributed by atoms with E-state index in [0.29, 0.717) is 23.4 Å². The summed E-state index contributed by atoms with van der Waals surface area (Å²) in [5, 5.41) is 26.2. The number of carbonyl (C=O) groups excluding carboxylic acids is 1. The molecule has 0 spiro atoms. The van der Waals surface area contributed by atoms with Gasteiger partial charge in [0.1, 0.15) is 11.9 Å². The van der Waals surface area contributed by atoms with Crippen molar-refractivity contribution in [3.63, 3.8) is 0 Å². The number of nitrogens with one attached hydrogen (secondary N) is 3. The second-order valence-electron chi connectivity index (χ2n) is 16.5. The molecule has 1 aliphatic heterocycles. The van der Waals surface area contributed by atoms with Crippen LogP contribution < -0.4 is 15.4 Å². The molecule has 3 aromatic carbocycles. The molecule has 0 radical (unpaired) electrons. The summed E-state index contributed by atoms with van der Waals surface area (Å²) in [6.07, 6.45) is 9.81. The zero-order chi connectivity index (χ0) is 40.9. The molecule has 11 nitrogen and oxygen atoms in total. The lowest BCUT2D eigenvalue weighted by molar-refractivity contribution is 0.0584. The molecule has 56 heavy (non-hydrogen) atoms. The van der Waals surface area contributed by atoms with E-state index in [1.807, 2.05) is 0 Å². The van der Waals surface area contributed by atoms with Gasteiger partial charge in [-0.2, -0.15) is 0 Å². The largest absolute Gasteiger partial charge is 0.506 e. The summed E-state index contributed by atoms with van der Waals surface area (Å²) in [5.74, 6) is -1.27. The van der Waals surface area contributed by atoms with Crippen molar-refractivity contribution in [2.75, 3.05) is 49.0 Å². The number of rotatable bonds is 20. The topological polar surface area (TPSA) is 149 Å². The molecule has 0 bridgehead atoms. The molecule has 0 saturated carbocycles. The standard InChI is InChI=1S/C42H63FN4O7SSi/c1-42(2,3)56(5,6)54-40(32-19-21-39(49)37(29-32)46-55(4,51)52)30-44-24-14-10-8-7-9-11-15-25-47-26-22-33(23-27-47)53-41(50)45-36-17-13-12-16-34(36)31-18-20-38(48)35(43)28-31/h12-13,16-21,28-29,33,40,44,46,48-49H,7-11,14-15,22-27,30H2,1-6H3,(H,45,50)/t40-/m0/s1. The molecule has 1 amide bonds. The number of likely N-dealkylation sites (tertiary alicyclic amines) is 1. The normalized spacial score (nSPS) is 15.1. The number of aromatic hydroxyl groups is 2. The summed E-state index contributed by atoms with van der Waals surface area (Å²) < 4.78 is 52.6. The van der Waals surface area contributed by atoms with Crippen molar-refractivity contribution >= 4 is 35.8 Å². The summed E-state index contributed by atoms with van der Waals surface area (Å²) in [5.41, 5.74) is 2.67. The monoisotopic (exact) mass is 814 g/mol. The van der Waals surface area contributed by atoms with Crippen LogP contribution in [-0.2, 0) is 19.2 Å². The molecule has 1 atom stereocenters. The average Bonchev–Trinajstić information content (AvgIpc) is 3.12. The number of phenolic OH excluding ortho intramolecular Hbond substituents is 2. The molecule has 5 N–H and O–H groups in total. The Balaban J connectivity index is 1.08. The van der Waals surface area contributed by atoms with Gasteiger partial charge >= 0.3 is 6.09 Å². The van der Waals surface area contributed by atoms with Gasteiger partial charge in [0.05, 0.1) is 23.7 Å². The van der Waals surface area contributed by atoms with Gasteiger partial charge < -0.3 is 29.6 Å². The Hall–Kier alpha value is -3.69. The Bertz CT molecular complexity index is 1830. The van der Waals surface area contributed by atoms with Crippen LogP contribution in [0.5, 0.6) is 11.5 Å². The number of phenols is 2.